The third-order valence-electron chi connectivity index (χ3n) is 2.34. The molecule has 3 heteroatoms. The SMILES string of the molecule is CCCC(=N)N(C)c1ccccc1OC. The molecule has 3 nitrogen and oxygen atoms in total. The Morgan fingerprint density at radius 3 is 2.67 bits per heavy atom. The van der Waals surface area contributed by atoms with E-state index in [9.17, 15) is 0 Å². The molecule has 1 N–H and O–H groups in total. The van der Waals surface area contributed by atoms with Gasteiger partial charge in [-0.25, -0.2) is 0 Å². The van der Waals surface area contributed by atoms with Gasteiger partial charge in [0, 0.05) is 13.5 Å². The highest BCUT2D eigenvalue weighted by molar-refractivity contribution is 5.96. The number of rotatable bonds is 4. The number of hydrogen-bond acceptors (Lipinski definition) is 2. The molecule has 0 heterocycles. The fourth-order valence-electron chi connectivity index (χ4n) is 1.46. The quantitative estimate of drug-likeness (QED) is 0.607. The molecule has 1 rings (SSSR count). The first-order valence-electron chi connectivity index (χ1n) is 5.14. The molecule has 0 bridgehead atoms. The van der Waals surface area contributed by atoms with E-state index in [1.807, 2.05) is 36.2 Å². The van der Waals surface area contributed by atoms with Crippen molar-refractivity contribution in [3.8, 4) is 5.75 Å². The third kappa shape index (κ3) is 2.72. The van der Waals surface area contributed by atoms with Crippen molar-refractivity contribution in [3.05, 3.63) is 24.3 Å². The summed E-state index contributed by atoms with van der Waals surface area (Å²) in [5, 5.41) is 7.87. The molecule has 0 aliphatic rings. The van der Waals surface area contributed by atoms with Crippen molar-refractivity contribution in [2.24, 2.45) is 0 Å². The maximum absolute atomic E-state index is 7.87. The first-order chi connectivity index (χ1) is 7.20. The Hall–Kier alpha value is -1.51. The molecule has 0 unspecified atom stereocenters. The summed E-state index contributed by atoms with van der Waals surface area (Å²) in [7, 11) is 3.55. The average Bonchev–Trinajstić information content (AvgIpc) is 2.28. The standard InChI is InChI=1S/C12H18N2O/c1-4-7-12(13)14(2)10-8-5-6-9-11(10)15-3/h5-6,8-9,13H,4,7H2,1-3H3. The lowest BCUT2D eigenvalue weighted by Gasteiger charge is -2.21. The molecule has 0 fully saturated rings. The van der Waals surface area contributed by atoms with Gasteiger partial charge in [-0.15, -0.1) is 0 Å². The molecule has 0 spiro atoms. The predicted molar refractivity (Wildman–Crippen MR) is 64.0 cm³/mol. The van der Waals surface area contributed by atoms with E-state index in [0.717, 1.165) is 24.3 Å². The van der Waals surface area contributed by atoms with Crippen molar-refractivity contribution in [2.75, 3.05) is 19.1 Å². The van der Waals surface area contributed by atoms with Crippen LogP contribution in [0.2, 0.25) is 0 Å². The van der Waals surface area contributed by atoms with Gasteiger partial charge in [-0.1, -0.05) is 19.1 Å². The van der Waals surface area contributed by atoms with Crippen LogP contribution in [0.1, 0.15) is 19.8 Å². The summed E-state index contributed by atoms with van der Waals surface area (Å²) in [6.07, 6.45) is 1.77. The maximum atomic E-state index is 7.87. The summed E-state index contributed by atoms with van der Waals surface area (Å²) in [6, 6.07) is 7.75. The van der Waals surface area contributed by atoms with E-state index in [2.05, 4.69) is 6.92 Å². The van der Waals surface area contributed by atoms with E-state index in [1.165, 1.54) is 0 Å². The number of para-hydroxylation sites is 2. The van der Waals surface area contributed by atoms with Crippen molar-refractivity contribution in [1.29, 1.82) is 5.41 Å². The highest BCUT2D eigenvalue weighted by atomic mass is 16.5. The van der Waals surface area contributed by atoms with E-state index >= 15 is 0 Å². The number of ether oxygens (including phenoxy) is 1. The van der Waals surface area contributed by atoms with Gasteiger partial charge in [-0.3, -0.25) is 5.41 Å². The van der Waals surface area contributed by atoms with Crippen LogP contribution in [0.4, 0.5) is 5.69 Å². The zero-order valence-corrected chi connectivity index (χ0v) is 9.58. The minimum absolute atomic E-state index is 0.613. The van der Waals surface area contributed by atoms with Crippen molar-refractivity contribution >= 4 is 11.5 Å². The van der Waals surface area contributed by atoms with E-state index in [0.29, 0.717) is 5.84 Å². The third-order valence-corrected chi connectivity index (χ3v) is 2.34. The second kappa shape index (κ2) is 5.39. The highest BCUT2D eigenvalue weighted by Crippen LogP contribution is 2.27. The number of anilines is 1. The number of benzene rings is 1. The number of nitrogens with zero attached hydrogens (tertiary/aromatic N) is 1. The molecule has 0 aromatic heterocycles. The number of nitrogens with one attached hydrogen (secondary N) is 1. The van der Waals surface area contributed by atoms with Crippen molar-refractivity contribution in [3.63, 3.8) is 0 Å². The molecule has 15 heavy (non-hydrogen) atoms. The van der Waals surface area contributed by atoms with Gasteiger partial charge in [0.2, 0.25) is 0 Å². The monoisotopic (exact) mass is 206 g/mol. The highest BCUT2D eigenvalue weighted by Gasteiger charge is 2.10. The van der Waals surface area contributed by atoms with E-state index < -0.39 is 0 Å². The van der Waals surface area contributed by atoms with Crippen molar-refractivity contribution in [1.82, 2.24) is 0 Å². The number of hydrogen-bond donors (Lipinski definition) is 1. The van der Waals surface area contributed by atoms with Gasteiger partial charge in [-0.05, 0) is 18.6 Å². The Labute approximate surface area is 91.2 Å². The second-order valence-electron chi connectivity index (χ2n) is 3.43. The van der Waals surface area contributed by atoms with Gasteiger partial charge in [0.25, 0.3) is 0 Å². The van der Waals surface area contributed by atoms with Gasteiger partial charge < -0.3 is 9.64 Å². The molecular weight excluding hydrogens is 188 g/mol. The molecule has 0 radical (unpaired) electrons. The largest absolute Gasteiger partial charge is 0.495 e. The Kier molecular flexibility index (Phi) is 4.16. The number of amidine groups is 1. The van der Waals surface area contributed by atoms with Crippen LogP contribution < -0.4 is 9.64 Å². The fraction of sp³-hybridized carbons (Fsp3) is 0.417. The van der Waals surface area contributed by atoms with Crippen LogP contribution in [0.5, 0.6) is 5.75 Å². The smallest absolute Gasteiger partial charge is 0.142 e. The molecule has 0 aliphatic carbocycles. The van der Waals surface area contributed by atoms with Gasteiger partial charge in [0.15, 0.2) is 0 Å². The van der Waals surface area contributed by atoms with Crippen LogP contribution in [0.25, 0.3) is 0 Å². The minimum Gasteiger partial charge on any atom is -0.495 e. The molecule has 0 aliphatic heterocycles. The van der Waals surface area contributed by atoms with Gasteiger partial charge in [-0.2, -0.15) is 0 Å². The first kappa shape index (κ1) is 11.6. The molecular formula is C12H18N2O. The summed E-state index contributed by atoms with van der Waals surface area (Å²) >= 11 is 0. The van der Waals surface area contributed by atoms with Crippen molar-refractivity contribution in [2.45, 2.75) is 19.8 Å². The van der Waals surface area contributed by atoms with Gasteiger partial charge >= 0.3 is 0 Å². The average molecular weight is 206 g/mol. The normalized spacial score (nSPS) is 9.80. The second-order valence-corrected chi connectivity index (χ2v) is 3.43. The molecule has 0 atom stereocenters. The van der Waals surface area contributed by atoms with Gasteiger partial charge in [0.05, 0.1) is 12.8 Å². The van der Waals surface area contributed by atoms with Crippen LogP contribution in [-0.4, -0.2) is 20.0 Å². The lowest BCUT2D eigenvalue weighted by Crippen LogP contribution is -2.25. The molecule has 1 aromatic rings. The van der Waals surface area contributed by atoms with Crippen LogP contribution in [0.3, 0.4) is 0 Å². The van der Waals surface area contributed by atoms with Crippen LogP contribution in [-0.2, 0) is 0 Å². The number of methoxy groups -OCH3 is 1. The van der Waals surface area contributed by atoms with E-state index in [4.69, 9.17) is 10.1 Å². The Morgan fingerprint density at radius 2 is 2.07 bits per heavy atom. The molecule has 0 saturated carbocycles. The zero-order valence-electron chi connectivity index (χ0n) is 9.58. The molecule has 1 aromatic carbocycles. The van der Waals surface area contributed by atoms with E-state index in [1.54, 1.807) is 7.11 Å². The summed E-state index contributed by atoms with van der Waals surface area (Å²) in [6.45, 7) is 2.07. The molecule has 82 valence electrons. The van der Waals surface area contributed by atoms with Crippen LogP contribution >= 0.6 is 0 Å². The first-order valence-corrected chi connectivity index (χ1v) is 5.14. The lowest BCUT2D eigenvalue weighted by atomic mass is 10.2. The van der Waals surface area contributed by atoms with Crippen LogP contribution in [0, 0.1) is 5.41 Å². The molecule has 0 amide bonds. The van der Waals surface area contributed by atoms with Crippen molar-refractivity contribution < 1.29 is 4.74 Å². The van der Waals surface area contributed by atoms with Crippen LogP contribution in [0.15, 0.2) is 24.3 Å². The Balaban J connectivity index is 2.89. The lowest BCUT2D eigenvalue weighted by molar-refractivity contribution is 0.416. The summed E-state index contributed by atoms with van der Waals surface area (Å²) < 4.78 is 5.26. The summed E-state index contributed by atoms with van der Waals surface area (Å²) in [4.78, 5) is 1.86. The maximum Gasteiger partial charge on any atom is 0.142 e. The topological polar surface area (TPSA) is 36.3 Å². The molecule has 0 saturated heterocycles. The fourth-order valence-corrected chi connectivity index (χ4v) is 1.46. The zero-order chi connectivity index (χ0) is 11.3. The Morgan fingerprint density at radius 1 is 1.40 bits per heavy atom. The Bertz CT molecular complexity index is 336. The van der Waals surface area contributed by atoms with E-state index in [-0.39, 0.29) is 0 Å². The minimum atomic E-state index is 0.613. The van der Waals surface area contributed by atoms with Gasteiger partial charge in [0.1, 0.15) is 11.6 Å². The summed E-state index contributed by atoms with van der Waals surface area (Å²) in [5.41, 5.74) is 0.943. The predicted octanol–water partition coefficient (Wildman–Crippen LogP) is 2.91. The summed E-state index contributed by atoms with van der Waals surface area (Å²) in [5.74, 6) is 1.42.